The van der Waals surface area contributed by atoms with Gasteiger partial charge in [0.05, 0.1) is 11.8 Å². The van der Waals surface area contributed by atoms with Crippen molar-refractivity contribution in [3.63, 3.8) is 0 Å². The number of likely N-dealkylation sites (tertiary alicyclic amines) is 1. The summed E-state index contributed by atoms with van der Waals surface area (Å²) in [6.45, 7) is 3.99. The first-order chi connectivity index (χ1) is 10.1. The lowest BCUT2D eigenvalue weighted by atomic mass is 9.85. The van der Waals surface area contributed by atoms with Crippen molar-refractivity contribution < 1.29 is 14.4 Å². The molecule has 1 aliphatic heterocycles. The van der Waals surface area contributed by atoms with Gasteiger partial charge < -0.3 is 0 Å². The molecule has 2 aliphatic carbocycles. The van der Waals surface area contributed by atoms with Crippen molar-refractivity contribution in [3.8, 4) is 0 Å². The summed E-state index contributed by atoms with van der Waals surface area (Å²) in [6, 6.07) is 0. The van der Waals surface area contributed by atoms with Crippen LogP contribution in [-0.4, -0.2) is 29.0 Å². The topological polar surface area (TPSA) is 54.5 Å². The second-order valence-electron chi connectivity index (χ2n) is 6.30. The van der Waals surface area contributed by atoms with Crippen LogP contribution in [0.15, 0.2) is 24.8 Å². The summed E-state index contributed by atoms with van der Waals surface area (Å²) >= 11 is 0. The summed E-state index contributed by atoms with van der Waals surface area (Å²) in [5, 5.41) is 0. The van der Waals surface area contributed by atoms with Crippen LogP contribution in [0.3, 0.4) is 0 Å². The van der Waals surface area contributed by atoms with E-state index in [4.69, 9.17) is 0 Å². The summed E-state index contributed by atoms with van der Waals surface area (Å²) in [5.41, 5.74) is 0. The number of ketones is 1. The third-order valence-corrected chi connectivity index (χ3v) is 5.03. The molecular formula is C17H21NO3. The normalized spacial score (nSPS) is 32.9. The third-order valence-electron chi connectivity index (χ3n) is 5.03. The molecule has 112 valence electrons. The van der Waals surface area contributed by atoms with Crippen molar-refractivity contribution in [2.45, 2.75) is 32.1 Å². The summed E-state index contributed by atoms with van der Waals surface area (Å²) in [4.78, 5) is 37.8. The van der Waals surface area contributed by atoms with Gasteiger partial charge >= 0.3 is 0 Å². The van der Waals surface area contributed by atoms with E-state index in [9.17, 15) is 14.4 Å². The predicted molar refractivity (Wildman–Crippen MR) is 78.1 cm³/mol. The predicted octanol–water partition coefficient (Wildman–Crippen LogP) is 2.11. The Morgan fingerprint density at radius 2 is 1.81 bits per heavy atom. The number of hydrogen-bond acceptors (Lipinski definition) is 3. The highest BCUT2D eigenvalue weighted by Crippen LogP contribution is 2.52. The number of carbonyl (C=O) groups is 3. The molecule has 0 aromatic carbocycles. The van der Waals surface area contributed by atoms with Gasteiger partial charge in [-0.1, -0.05) is 18.2 Å². The van der Waals surface area contributed by atoms with Gasteiger partial charge in [-0.05, 0) is 31.1 Å². The lowest BCUT2D eigenvalue weighted by Crippen LogP contribution is -2.34. The molecule has 3 rings (SSSR count). The molecule has 0 radical (unpaired) electrons. The van der Waals surface area contributed by atoms with Crippen molar-refractivity contribution in [1.82, 2.24) is 4.90 Å². The van der Waals surface area contributed by atoms with Gasteiger partial charge in [-0.2, -0.15) is 0 Å². The molecule has 21 heavy (non-hydrogen) atoms. The molecule has 4 unspecified atom stereocenters. The van der Waals surface area contributed by atoms with Crippen molar-refractivity contribution in [2.75, 3.05) is 6.54 Å². The smallest absolute Gasteiger partial charge is 0.233 e. The van der Waals surface area contributed by atoms with Crippen LogP contribution in [0.4, 0.5) is 0 Å². The molecule has 4 nitrogen and oxygen atoms in total. The lowest BCUT2D eigenvalue weighted by Gasteiger charge is -2.16. The van der Waals surface area contributed by atoms with Crippen LogP contribution in [0.2, 0.25) is 0 Å². The van der Waals surface area contributed by atoms with Crippen LogP contribution >= 0.6 is 0 Å². The Morgan fingerprint density at radius 3 is 2.38 bits per heavy atom. The van der Waals surface area contributed by atoms with E-state index in [1.54, 1.807) is 6.08 Å². The van der Waals surface area contributed by atoms with Gasteiger partial charge in [-0.25, -0.2) is 0 Å². The van der Waals surface area contributed by atoms with E-state index < -0.39 is 0 Å². The van der Waals surface area contributed by atoms with E-state index >= 15 is 0 Å². The van der Waals surface area contributed by atoms with Gasteiger partial charge in [0.15, 0.2) is 0 Å². The highest BCUT2D eigenvalue weighted by Gasteiger charge is 2.58. The number of allylic oxidation sites excluding steroid dienone is 3. The van der Waals surface area contributed by atoms with Gasteiger partial charge in [0.1, 0.15) is 5.78 Å². The van der Waals surface area contributed by atoms with Crippen molar-refractivity contribution >= 4 is 17.6 Å². The fraction of sp³-hybridized carbons (Fsp3) is 0.588. The molecule has 2 fully saturated rings. The number of amides is 2. The quantitative estimate of drug-likeness (QED) is 0.532. The molecule has 0 spiro atoms. The fourth-order valence-corrected chi connectivity index (χ4v) is 4.01. The molecule has 1 saturated carbocycles. The molecule has 3 aliphatic rings. The standard InChI is InChI=1S/C17H21NO3/c1-2-3-5-13(19)6-4-9-18-16(20)14-11-7-8-12(10-11)15(14)17(18)21/h2,7-8,11-12,14-15H,1,3-6,9-10H2. The molecule has 0 aromatic rings. The first-order valence-corrected chi connectivity index (χ1v) is 7.79. The Bertz CT molecular complexity index is 492. The highest BCUT2D eigenvalue weighted by atomic mass is 16.2. The van der Waals surface area contributed by atoms with Crippen LogP contribution in [0, 0.1) is 23.7 Å². The van der Waals surface area contributed by atoms with Crippen LogP contribution in [0.5, 0.6) is 0 Å². The monoisotopic (exact) mass is 287 g/mol. The molecule has 2 bridgehead atoms. The number of nitrogens with zero attached hydrogens (tertiary/aromatic N) is 1. The zero-order chi connectivity index (χ0) is 15.0. The number of fused-ring (bicyclic) bond motifs is 5. The minimum atomic E-state index is -0.121. The molecule has 0 N–H and O–H groups in total. The second kappa shape index (κ2) is 5.58. The Kier molecular flexibility index (Phi) is 3.79. The first-order valence-electron chi connectivity index (χ1n) is 7.79. The largest absolute Gasteiger partial charge is 0.300 e. The van der Waals surface area contributed by atoms with Gasteiger partial charge in [0.2, 0.25) is 11.8 Å². The summed E-state index contributed by atoms with van der Waals surface area (Å²) in [5.74, 6) is 0.427. The van der Waals surface area contributed by atoms with Crippen LogP contribution < -0.4 is 0 Å². The van der Waals surface area contributed by atoms with E-state index in [1.807, 2.05) is 0 Å². The minimum Gasteiger partial charge on any atom is -0.300 e. The Morgan fingerprint density at radius 1 is 1.19 bits per heavy atom. The van der Waals surface area contributed by atoms with Gasteiger partial charge in [-0.3, -0.25) is 19.3 Å². The fourth-order valence-electron chi connectivity index (χ4n) is 4.01. The molecule has 1 saturated heterocycles. The average molecular weight is 287 g/mol. The Hall–Kier alpha value is -1.71. The van der Waals surface area contributed by atoms with E-state index in [-0.39, 0.29) is 41.3 Å². The number of rotatable bonds is 7. The van der Waals surface area contributed by atoms with Crippen molar-refractivity contribution in [2.24, 2.45) is 23.7 Å². The maximum absolute atomic E-state index is 12.4. The maximum atomic E-state index is 12.4. The Labute approximate surface area is 124 Å². The zero-order valence-corrected chi connectivity index (χ0v) is 12.2. The van der Waals surface area contributed by atoms with Gasteiger partial charge in [0, 0.05) is 19.4 Å². The number of hydrogen-bond donors (Lipinski definition) is 0. The van der Waals surface area contributed by atoms with E-state index in [2.05, 4.69) is 18.7 Å². The lowest BCUT2D eigenvalue weighted by molar-refractivity contribution is -0.141. The first kappa shape index (κ1) is 14.2. The van der Waals surface area contributed by atoms with Crippen molar-refractivity contribution in [1.29, 1.82) is 0 Å². The highest BCUT2D eigenvalue weighted by molar-refractivity contribution is 6.06. The molecule has 1 heterocycles. The average Bonchev–Trinajstić information content (AvgIpc) is 3.14. The van der Waals surface area contributed by atoms with Crippen LogP contribution in [0.1, 0.15) is 32.1 Å². The Balaban J connectivity index is 1.53. The maximum Gasteiger partial charge on any atom is 0.233 e. The SMILES string of the molecule is C=CCCC(=O)CCCN1C(=O)C2C3C=CC(C3)C2C1=O. The van der Waals surface area contributed by atoms with E-state index in [0.717, 1.165) is 6.42 Å². The number of imide groups is 1. The zero-order valence-electron chi connectivity index (χ0n) is 12.2. The molecule has 4 heteroatoms. The second-order valence-corrected chi connectivity index (χ2v) is 6.30. The van der Waals surface area contributed by atoms with Gasteiger partial charge in [0.25, 0.3) is 0 Å². The third kappa shape index (κ3) is 2.37. The molecular weight excluding hydrogens is 266 g/mol. The molecule has 0 aromatic heterocycles. The minimum absolute atomic E-state index is 0.0135. The molecule has 4 atom stereocenters. The summed E-state index contributed by atoms with van der Waals surface area (Å²) in [6.07, 6.45) is 9.10. The van der Waals surface area contributed by atoms with Crippen LogP contribution in [-0.2, 0) is 14.4 Å². The van der Waals surface area contributed by atoms with Crippen molar-refractivity contribution in [3.05, 3.63) is 24.8 Å². The van der Waals surface area contributed by atoms with Gasteiger partial charge in [-0.15, -0.1) is 6.58 Å². The summed E-state index contributed by atoms with van der Waals surface area (Å²) in [7, 11) is 0. The molecule has 2 amide bonds. The van der Waals surface area contributed by atoms with E-state index in [1.165, 1.54) is 4.90 Å². The number of carbonyl (C=O) groups excluding carboxylic acids is 3. The van der Waals surface area contributed by atoms with E-state index in [0.29, 0.717) is 32.2 Å². The van der Waals surface area contributed by atoms with Crippen LogP contribution in [0.25, 0.3) is 0 Å². The summed E-state index contributed by atoms with van der Waals surface area (Å²) < 4.78 is 0. The number of Topliss-reactive ketones (excluding diaryl/α,β-unsaturated/α-hetero) is 1.